The van der Waals surface area contributed by atoms with Crippen LogP contribution in [0.3, 0.4) is 0 Å². The van der Waals surface area contributed by atoms with E-state index in [0.717, 1.165) is 17.5 Å². The first kappa shape index (κ1) is 17.0. The summed E-state index contributed by atoms with van der Waals surface area (Å²) in [6.07, 6.45) is 0.729. The number of hydrogen-bond donors (Lipinski definition) is 2. The van der Waals surface area contributed by atoms with Gasteiger partial charge in [-0.15, -0.1) is 0 Å². The summed E-state index contributed by atoms with van der Waals surface area (Å²) in [7, 11) is 0. The van der Waals surface area contributed by atoms with E-state index in [4.69, 9.17) is 11.6 Å². The van der Waals surface area contributed by atoms with Crippen molar-refractivity contribution in [1.82, 2.24) is 5.32 Å². The van der Waals surface area contributed by atoms with Crippen LogP contribution in [0.4, 0.5) is 5.69 Å². The summed E-state index contributed by atoms with van der Waals surface area (Å²) < 4.78 is 0. The molecule has 2 N–H and O–H groups in total. The SMILES string of the molecule is CC(=O)Nc1cc(C(=O)NCCc2ccc(Cl)cc2)ccc1C. The van der Waals surface area contributed by atoms with Gasteiger partial charge in [0.2, 0.25) is 5.91 Å². The van der Waals surface area contributed by atoms with Crippen molar-refractivity contribution in [2.45, 2.75) is 20.3 Å². The minimum absolute atomic E-state index is 0.159. The number of carbonyl (C=O) groups is 2. The monoisotopic (exact) mass is 330 g/mol. The molecule has 23 heavy (non-hydrogen) atoms. The number of carbonyl (C=O) groups excluding carboxylic acids is 2. The lowest BCUT2D eigenvalue weighted by atomic mass is 10.1. The predicted octanol–water partition coefficient (Wildman–Crippen LogP) is 3.58. The second kappa shape index (κ2) is 7.79. The van der Waals surface area contributed by atoms with Gasteiger partial charge in [-0.2, -0.15) is 0 Å². The first-order valence-electron chi connectivity index (χ1n) is 7.36. The molecule has 0 aliphatic heterocycles. The molecular formula is C18H19ClN2O2. The summed E-state index contributed by atoms with van der Waals surface area (Å²) in [5.74, 6) is -0.320. The molecule has 2 rings (SSSR count). The molecule has 0 saturated heterocycles. The highest BCUT2D eigenvalue weighted by Crippen LogP contribution is 2.17. The third-order valence-corrected chi connectivity index (χ3v) is 3.67. The maximum atomic E-state index is 12.2. The number of halogens is 1. The van der Waals surface area contributed by atoms with E-state index in [0.29, 0.717) is 22.8 Å². The lowest BCUT2D eigenvalue weighted by Crippen LogP contribution is -2.25. The highest BCUT2D eigenvalue weighted by atomic mass is 35.5. The number of hydrogen-bond acceptors (Lipinski definition) is 2. The zero-order chi connectivity index (χ0) is 16.8. The summed E-state index contributed by atoms with van der Waals surface area (Å²) in [5.41, 5.74) is 3.20. The second-order valence-electron chi connectivity index (χ2n) is 5.34. The Morgan fingerprint density at radius 3 is 2.43 bits per heavy atom. The number of amides is 2. The Balaban J connectivity index is 1.95. The van der Waals surface area contributed by atoms with Crippen molar-refractivity contribution in [3.05, 3.63) is 64.2 Å². The Hall–Kier alpha value is -2.33. The summed E-state index contributed by atoms with van der Waals surface area (Å²) >= 11 is 5.84. The van der Waals surface area contributed by atoms with Crippen LogP contribution in [0, 0.1) is 6.92 Å². The van der Waals surface area contributed by atoms with Gasteiger partial charge in [-0.05, 0) is 48.7 Å². The van der Waals surface area contributed by atoms with Crippen molar-refractivity contribution in [3.8, 4) is 0 Å². The average Bonchev–Trinajstić information content (AvgIpc) is 2.51. The maximum absolute atomic E-state index is 12.2. The van der Waals surface area contributed by atoms with Gasteiger partial charge in [-0.3, -0.25) is 9.59 Å². The van der Waals surface area contributed by atoms with Crippen molar-refractivity contribution in [1.29, 1.82) is 0 Å². The standard InChI is InChI=1S/C18H19ClN2O2/c1-12-3-6-15(11-17(12)21-13(2)22)18(23)20-10-9-14-4-7-16(19)8-5-14/h3-8,11H,9-10H2,1-2H3,(H,20,23)(H,21,22). The van der Waals surface area contributed by atoms with Crippen LogP contribution in [-0.4, -0.2) is 18.4 Å². The molecule has 2 amide bonds. The average molecular weight is 331 g/mol. The van der Waals surface area contributed by atoms with Gasteiger partial charge in [-0.1, -0.05) is 29.8 Å². The molecule has 2 aromatic rings. The van der Waals surface area contributed by atoms with Gasteiger partial charge < -0.3 is 10.6 Å². The van der Waals surface area contributed by atoms with E-state index >= 15 is 0 Å². The van der Waals surface area contributed by atoms with Crippen LogP contribution in [0.25, 0.3) is 0 Å². The quantitative estimate of drug-likeness (QED) is 0.880. The topological polar surface area (TPSA) is 58.2 Å². The van der Waals surface area contributed by atoms with Crippen molar-refractivity contribution in [3.63, 3.8) is 0 Å². The third-order valence-electron chi connectivity index (χ3n) is 3.42. The Labute approximate surface area is 140 Å². The van der Waals surface area contributed by atoms with Gasteiger partial charge in [0.25, 0.3) is 5.91 Å². The van der Waals surface area contributed by atoms with Crippen molar-refractivity contribution >= 4 is 29.1 Å². The summed E-state index contributed by atoms with van der Waals surface area (Å²) in [4.78, 5) is 23.4. The van der Waals surface area contributed by atoms with Crippen molar-refractivity contribution in [2.24, 2.45) is 0 Å². The molecule has 0 aliphatic carbocycles. The third kappa shape index (κ3) is 5.11. The molecule has 2 aromatic carbocycles. The highest BCUT2D eigenvalue weighted by molar-refractivity contribution is 6.30. The fraction of sp³-hybridized carbons (Fsp3) is 0.222. The lowest BCUT2D eigenvalue weighted by molar-refractivity contribution is -0.114. The normalized spacial score (nSPS) is 10.2. The number of rotatable bonds is 5. The van der Waals surface area contributed by atoms with Crippen LogP contribution in [0.2, 0.25) is 5.02 Å². The van der Waals surface area contributed by atoms with Gasteiger partial charge in [-0.25, -0.2) is 0 Å². The van der Waals surface area contributed by atoms with Gasteiger partial charge in [0.1, 0.15) is 0 Å². The second-order valence-corrected chi connectivity index (χ2v) is 5.78. The Morgan fingerprint density at radius 2 is 1.78 bits per heavy atom. The molecule has 120 valence electrons. The Bertz CT molecular complexity index is 711. The molecule has 0 unspecified atom stereocenters. The largest absolute Gasteiger partial charge is 0.352 e. The van der Waals surface area contributed by atoms with Crippen LogP contribution in [0.5, 0.6) is 0 Å². The van der Waals surface area contributed by atoms with E-state index in [-0.39, 0.29) is 11.8 Å². The number of nitrogens with one attached hydrogen (secondary N) is 2. The molecule has 5 heteroatoms. The van der Waals surface area contributed by atoms with Crippen LogP contribution >= 0.6 is 11.6 Å². The minimum atomic E-state index is -0.162. The van der Waals surface area contributed by atoms with Crippen molar-refractivity contribution < 1.29 is 9.59 Å². The molecule has 0 radical (unpaired) electrons. The van der Waals surface area contributed by atoms with Crippen LogP contribution in [0.15, 0.2) is 42.5 Å². The minimum Gasteiger partial charge on any atom is -0.352 e. The fourth-order valence-corrected chi connectivity index (χ4v) is 2.29. The zero-order valence-corrected chi connectivity index (χ0v) is 13.9. The van der Waals surface area contributed by atoms with Gasteiger partial charge >= 0.3 is 0 Å². The molecule has 0 spiro atoms. The highest BCUT2D eigenvalue weighted by Gasteiger charge is 2.08. The summed E-state index contributed by atoms with van der Waals surface area (Å²) in [5, 5.41) is 6.30. The molecule has 0 atom stereocenters. The Morgan fingerprint density at radius 1 is 1.09 bits per heavy atom. The molecule has 0 aromatic heterocycles. The predicted molar refractivity (Wildman–Crippen MR) is 93.0 cm³/mol. The molecule has 4 nitrogen and oxygen atoms in total. The fourth-order valence-electron chi connectivity index (χ4n) is 2.16. The van der Waals surface area contributed by atoms with E-state index in [1.54, 1.807) is 12.1 Å². The van der Waals surface area contributed by atoms with E-state index < -0.39 is 0 Å². The first-order valence-corrected chi connectivity index (χ1v) is 7.74. The first-order chi connectivity index (χ1) is 11.0. The van der Waals surface area contributed by atoms with E-state index in [9.17, 15) is 9.59 Å². The maximum Gasteiger partial charge on any atom is 0.251 e. The lowest BCUT2D eigenvalue weighted by Gasteiger charge is -2.10. The number of anilines is 1. The van der Waals surface area contributed by atoms with Gasteiger partial charge in [0.05, 0.1) is 0 Å². The van der Waals surface area contributed by atoms with Crippen LogP contribution in [0.1, 0.15) is 28.4 Å². The smallest absolute Gasteiger partial charge is 0.251 e. The number of aryl methyl sites for hydroxylation is 1. The number of benzene rings is 2. The molecule has 0 bridgehead atoms. The Kier molecular flexibility index (Phi) is 5.77. The van der Waals surface area contributed by atoms with E-state index in [2.05, 4.69) is 10.6 Å². The summed E-state index contributed by atoms with van der Waals surface area (Å²) in [6.45, 7) is 3.86. The molecule has 0 fully saturated rings. The summed E-state index contributed by atoms with van der Waals surface area (Å²) in [6, 6.07) is 12.8. The van der Waals surface area contributed by atoms with Gasteiger partial charge in [0, 0.05) is 29.7 Å². The van der Waals surface area contributed by atoms with Gasteiger partial charge in [0.15, 0.2) is 0 Å². The van der Waals surface area contributed by atoms with E-state index in [1.165, 1.54) is 6.92 Å². The van der Waals surface area contributed by atoms with Crippen LogP contribution < -0.4 is 10.6 Å². The van der Waals surface area contributed by atoms with Crippen molar-refractivity contribution in [2.75, 3.05) is 11.9 Å². The van der Waals surface area contributed by atoms with Crippen LogP contribution in [-0.2, 0) is 11.2 Å². The molecule has 0 saturated carbocycles. The molecule has 0 heterocycles. The zero-order valence-electron chi connectivity index (χ0n) is 13.2. The molecule has 0 aliphatic rings. The van der Waals surface area contributed by atoms with E-state index in [1.807, 2.05) is 37.3 Å². The molecular weight excluding hydrogens is 312 g/mol.